The lowest BCUT2D eigenvalue weighted by Gasteiger charge is -2.09. The van der Waals surface area contributed by atoms with Gasteiger partial charge in [0.1, 0.15) is 11.6 Å². The van der Waals surface area contributed by atoms with Crippen molar-refractivity contribution < 1.29 is 9.90 Å². The normalized spacial score (nSPS) is 15.1. The Morgan fingerprint density at radius 1 is 1.30 bits per heavy atom. The Bertz CT molecular complexity index is 978. The highest BCUT2D eigenvalue weighted by Crippen LogP contribution is 2.35. The number of carbonyl (C=O) groups is 1. The molecule has 0 saturated heterocycles. The fourth-order valence-corrected chi connectivity index (χ4v) is 3.35. The molecule has 6 nitrogen and oxygen atoms in total. The highest BCUT2D eigenvalue weighted by atomic mass is 35.5. The maximum atomic E-state index is 11.5. The summed E-state index contributed by atoms with van der Waals surface area (Å²) < 4.78 is 1.94. The number of fused-ring (bicyclic) bond motifs is 1. The molecule has 3 aromatic rings. The number of nitrogens with zero attached hydrogens (tertiary/aromatic N) is 3. The number of aliphatic hydroxyl groups excluding tert-OH is 1. The summed E-state index contributed by atoms with van der Waals surface area (Å²) in [6.45, 7) is 2.71. The van der Waals surface area contributed by atoms with Crippen molar-refractivity contribution in [1.29, 1.82) is 0 Å². The number of carbonyl (C=O) groups excluding carboxylic acids is 1. The summed E-state index contributed by atoms with van der Waals surface area (Å²) in [5.74, 6) is 0.331. The van der Waals surface area contributed by atoms with Crippen molar-refractivity contribution in [2.45, 2.75) is 39.0 Å². The van der Waals surface area contributed by atoms with E-state index >= 15 is 0 Å². The number of benzene rings is 2. The van der Waals surface area contributed by atoms with Gasteiger partial charge in [-0.15, -0.1) is 5.10 Å². The van der Waals surface area contributed by atoms with Crippen molar-refractivity contribution in [3.05, 3.63) is 47.0 Å². The average Bonchev–Trinajstić information content (AvgIpc) is 3.39. The lowest BCUT2D eigenvalue weighted by atomic mass is 10.0. The Kier molecular flexibility index (Phi) is 4.85. The number of nitrogens with one attached hydrogen (secondary N) is 1. The number of rotatable bonds is 6. The predicted molar refractivity (Wildman–Crippen MR) is 104 cm³/mol. The zero-order valence-electron chi connectivity index (χ0n) is 15.0. The number of hydrogen-bond donors (Lipinski definition) is 2. The lowest BCUT2D eigenvalue weighted by Crippen LogP contribution is -2.31. The third-order valence-corrected chi connectivity index (χ3v) is 5.25. The summed E-state index contributed by atoms with van der Waals surface area (Å²) in [4.78, 5) is 11.5. The fourth-order valence-electron chi connectivity index (χ4n) is 3.05. The van der Waals surface area contributed by atoms with Crippen molar-refractivity contribution in [3.63, 3.8) is 0 Å². The Balaban J connectivity index is 1.55. The third-order valence-electron chi connectivity index (χ3n) is 4.86. The lowest BCUT2D eigenvalue weighted by molar-refractivity contribution is -0.128. The summed E-state index contributed by atoms with van der Waals surface area (Å²) in [7, 11) is 0. The smallest absolute Gasteiger partial charge is 0.248 e. The molecule has 2 N–H and O–H groups in total. The van der Waals surface area contributed by atoms with E-state index in [1.54, 1.807) is 0 Å². The Hall–Kier alpha value is -2.44. The molecule has 1 fully saturated rings. The number of halogens is 1. The first-order valence-corrected chi connectivity index (χ1v) is 9.47. The molecule has 0 unspecified atom stereocenters. The van der Waals surface area contributed by atoms with Gasteiger partial charge in [0.2, 0.25) is 5.91 Å². The van der Waals surface area contributed by atoms with Crippen molar-refractivity contribution in [2.24, 2.45) is 5.92 Å². The molecule has 0 spiro atoms. The second kappa shape index (κ2) is 7.29. The van der Waals surface area contributed by atoms with E-state index in [-0.39, 0.29) is 5.91 Å². The van der Waals surface area contributed by atoms with Gasteiger partial charge in [0.05, 0.1) is 10.5 Å². The molecule has 4 rings (SSSR count). The van der Waals surface area contributed by atoms with Crippen molar-refractivity contribution in [2.75, 3.05) is 0 Å². The van der Waals surface area contributed by atoms with Gasteiger partial charge < -0.3 is 10.4 Å². The zero-order valence-corrected chi connectivity index (χ0v) is 15.8. The van der Waals surface area contributed by atoms with E-state index in [1.807, 2.05) is 41.1 Å². The molecule has 1 aliphatic carbocycles. The van der Waals surface area contributed by atoms with E-state index in [4.69, 9.17) is 11.6 Å². The van der Waals surface area contributed by atoms with E-state index in [0.717, 1.165) is 40.2 Å². The topological polar surface area (TPSA) is 80.0 Å². The molecule has 0 bridgehead atoms. The highest BCUT2D eigenvalue weighted by molar-refractivity contribution is 6.37. The van der Waals surface area contributed by atoms with Gasteiger partial charge in [-0.2, -0.15) is 0 Å². The van der Waals surface area contributed by atoms with Gasteiger partial charge in [0.15, 0.2) is 0 Å². The number of aliphatic hydroxyl groups is 1. The minimum absolute atomic E-state index is 0.367. The van der Waals surface area contributed by atoms with Crippen LogP contribution >= 0.6 is 11.6 Å². The quantitative estimate of drug-likeness (QED) is 0.684. The van der Waals surface area contributed by atoms with Crippen LogP contribution in [0.25, 0.3) is 22.2 Å². The van der Waals surface area contributed by atoms with Gasteiger partial charge in [-0.3, -0.25) is 4.79 Å². The molecule has 27 heavy (non-hydrogen) atoms. The minimum Gasteiger partial charge on any atom is -0.384 e. The van der Waals surface area contributed by atoms with Crippen LogP contribution in [0.2, 0.25) is 5.02 Å². The second-order valence-corrected chi connectivity index (χ2v) is 7.48. The van der Waals surface area contributed by atoms with Crippen LogP contribution in [-0.2, 0) is 17.9 Å². The van der Waals surface area contributed by atoms with E-state index < -0.39 is 6.10 Å². The van der Waals surface area contributed by atoms with Gasteiger partial charge in [0, 0.05) is 18.7 Å². The van der Waals surface area contributed by atoms with E-state index in [0.29, 0.717) is 11.6 Å². The summed E-state index contributed by atoms with van der Waals surface area (Å²) >= 11 is 6.62. The van der Waals surface area contributed by atoms with Gasteiger partial charge >= 0.3 is 0 Å². The maximum absolute atomic E-state index is 11.5. The largest absolute Gasteiger partial charge is 0.384 e. The molecule has 1 heterocycles. The van der Waals surface area contributed by atoms with Crippen molar-refractivity contribution in [1.82, 2.24) is 20.3 Å². The number of aromatic nitrogens is 3. The maximum Gasteiger partial charge on any atom is 0.248 e. The summed E-state index contributed by atoms with van der Waals surface area (Å²) in [5, 5.41) is 21.0. The van der Waals surface area contributed by atoms with Crippen LogP contribution in [0.4, 0.5) is 0 Å². The van der Waals surface area contributed by atoms with E-state index in [9.17, 15) is 9.90 Å². The predicted octanol–water partition coefficient (Wildman–Crippen LogP) is 3.16. The summed E-state index contributed by atoms with van der Waals surface area (Å²) in [5.41, 5.74) is 4.52. The first-order chi connectivity index (χ1) is 13.0. The molecular weight excluding hydrogens is 364 g/mol. The fraction of sp³-hybridized carbons (Fsp3) is 0.350. The van der Waals surface area contributed by atoms with Gasteiger partial charge in [-0.25, -0.2) is 4.68 Å². The van der Waals surface area contributed by atoms with E-state index in [1.165, 1.54) is 19.8 Å². The molecule has 0 aliphatic heterocycles. The van der Waals surface area contributed by atoms with E-state index in [2.05, 4.69) is 15.6 Å². The van der Waals surface area contributed by atoms with Gasteiger partial charge in [-0.1, -0.05) is 47.1 Å². The summed E-state index contributed by atoms with van der Waals surface area (Å²) in [6, 6.07) is 11.8. The third kappa shape index (κ3) is 3.82. The first kappa shape index (κ1) is 17.9. The average molecular weight is 385 g/mol. The Morgan fingerprint density at radius 2 is 2.04 bits per heavy atom. The van der Waals surface area contributed by atoms with Crippen LogP contribution in [0, 0.1) is 5.92 Å². The monoisotopic (exact) mass is 384 g/mol. The molecule has 2 aromatic carbocycles. The van der Waals surface area contributed by atoms with Crippen LogP contribution < -0.4 is 5.32 Å². The SMILES string of the molecule is C[C@H](O)C(=O)NCc1ccc(-c2ccc3c(nnn3CC3CC3)c2Cl)cc1. The first-order valence-electron chi connectivity index (χ1n) is 9.09. The van der Waals surface area contributed by atoms with Crippen LogP contribution in [0.15, 0.2) is 36.4 Å². The molecule has 1 aliphatic rings. The molecule has 1 amide bonds. The minimum atomic E-state index is -1.01. The highest BCUT2D eigenvalue weighted by Gasteiger charge is 2.23. The summed E-state index contributed by atoms with van der Waals surface area (Å²) in [6.07, 6.45) is 1.51. The van der Waals surface area contributed by atoms with Crippen molar-refractivity contribution in [3.8, 4) is 11.1 Å². The van der Waals surface area contributed by atoms with Gasteiger partial charge in [0.25, 0.3) is 0 Å². The number of amides is 1. The zero-order chi connectivity index (χ0) is 19.0. The molecule has 1 saturated carbocycles. The molecule has 1 atom stereocenters. The van der Waals surface area contributed by atoms with Crippen LogP contribution in [0.1, 0.15) is 25.3 Å². The second-order valence-electron chi connectivity index (χ2n) is 7.10. The Labute approximate surface area is 162 Å². The van der Waals surface area contributed by atoms with Crippen LogP contribution in [0.3, 0.4) is 0 Å². The number of hydrogen-bond acceptors (Lipinski definition) is 4. The molecule has 140 valence electrons. The van der Waals surface area contributed by atoms with Crippen LogP contribution in [-0.4, -0.2) is 32.1 Å². The van der Waals surface area contributed by atoms with Crippen LogP contribution in [0.5, 0.6) is 0 Å². The van der Waals surface area contributed by atoms with Crippen molar-refractivity contribution >= 4 is 28.5 Å². The molecule has 1 aromatic heterocycles. The molecular formula is C20H21ClN4O2. The van der Waals surface area contributed by atoms with Gasteiger partial charge in [-0.05, 0) is 42.9 Å². The standard InChI is InChI=1S/C20H21ClN4O2/c1-12(26)20(27)22-10-13-4-6-15(7-5-13)16-8-9-17-19(18(16)21)23-24-25(17)11-14-2-3-14/h4-9,12,14,26H,2-3,10-11H2,1H3,(H,22,27)/t12-/m0/s1. The molecule has 0 radical (unpaired) electrons. The molecule has 7 heteroatoms. The Morgan fingerprint density at radius 3 is 2.70 bits per heavy atom.